The number of carbonyl (C=O) groups is 2. The number of amides is 1. The number of anilines is 1. The molecule has 1 atom stereocenters. The van der Waals surface area contributed by atoms with Crippen molar-refractivity contribution in [2.75, 3.05) is 18.1 Å². The Morgan fingerprint density at radius 1 is 1.52 bits per heavy atom. The largest absolute Gasteiger partial charge is 0.482 e. The van der Waals surface area contributed by atoms with E-state index in [9.17, 15) is 9.59 Å². The van der Waals surface area contributed by atoms with Crippen LogP contribution in [0, 0.1) is 0 Å². The van der Waals surface area contributed by atoms with Crippen LogP contribution in [0.25, 0.3) is 0 Å². The van der Waals surface area contributed by atoms with E-state index in [1.54, 1.807) is 25.1 Å². The van der Waals surface area contributed by atoms with Crippen molar-refractivity contribution in [3.05, 3.63) is 23.8 Å². The SMILES string of the molecule is CCCOC(=O)C(C)N1C(=O)COc2cc(CO)ccc21. The van der Waals surface area contributed by atoms with E-state index in [2.05, 4.69) is 0 Å². The Kier molecular flexibility index (Phi) is 4.80. The number of aliphatic hydroxyl groups is 1. The van der Waals surface area contributed by atoms with Gasteiger partial charge in [0.05, 0.1) is 18.9 Å². The average molecular weight is 293 g/mol. The van der Waals surface area contributed by atoms with Gasteiger partial charge in [0, 0.05) is 0 Å². The van der Waals surface area contributed by atoms with Crippen LogP contribution in [-0.4, -0.2) is 36.2 Å². The number of aliphatic hydroxyl groups excluding tert-OH is 1. The van der Waals surface area contributed by atoms with Crippen molar-refractivity contribution in [1.82, 2.24) is 0 Å². The van der Waals surface area contributed by atoms with Gasteiger partial charge >= 0.3 is 5.97 Å². The van der Waals surface area contributed by atoms with Gasteiger partial charge in [0.15, 0.2) is 6.61 Å². The van der Waals surface area contributed by atoms with Crippen LogP contribution >= 0.6 is 0 Å². The predicted octanol–water partition coefficient (Wildman–Crippen LogP) is 1.25. The molecule has 1 N–H and O–H groups in total. The van der Waals surface area contributed by atoms with Gasteiger partial charge in [0.25, 0.3) is 5.91 Å². The van der Waals surface area contributed by atoms with Crippen molar-refractivity contribution in [1.29, 1.82) is 0 Å². The molecule has 0 aromatic heterocycles. The number of nitrogens with zero attached hydrogens (tertiary/aromatic N) is 1. The van der Waals surface area contributed by atoms with Crippen LogP contribution < -0.4 is 9.64 Å². The molecule has 0 aliphatic carbocycles. The lowest BCUT2D eigenvalue weighted by Crippen LogP contribution is -2.48. The van der Waals surface area contributed by atoms with Crippen LogP contribution in [0.1, 0.15) is 25.8 Å². The van der Waals surface area contributed by atoms with E-state index in [4.69, 9.17) is 14.6 Å². The van der Waals surface area contributed by atoms with E-state index in [-0.39, 0.29) is 19.1 Å². The average Bonchev–Trinajstić information content (AvgIpc) is 2.51. The molecule has 1 aromatic carbocycles. The first-order valence-corrected chi connectivity index (χ1v) is 6.93. The van der Waals surface area contributed by atoms with Crippen LogP contribution in [0.3, 0.4) is 0 Å². The molecule has 6 nitrogen and oxygen atoms in total. The van der Waals surface area contributed by atoms with Crippen molar-refractivity contribution in [3.8, 4) is 5.75 Å². The van der Waals surface area contributed by atoms with Gasteiger partial charge in [0.1, 0.15) is 11.8 Å². The van der Waals surface area contributed by atoms with E-state index in [1.807, 2.05) is 6.92 Å². The number of carbonyl (C=O) groups excluding carboxylic acids is 2. The Morgan fingerprint density at radius 3 is 2.95 bits per heavy atom. The van der Waals surface area contributed by atoms with Gasteiger partial charge in [-0.1, -0.05) is 13.0 Å². The molecule has 0 spiro atoms. The fourth-order valence-corrected chi connectivity index (χ4v) is 2.17. The van der Waals surface area contributed by atoms with Crippen LogP contribution in [-0.2, 0) is 20.9 Å². The molecule has 1 unspecified atom stereocenters. The molecule has 1 aliphatic rings. The fourth-order valence-electron chi connectivity index (χ4n) is 2.17. The summed E-state index contributed by atoms with van der Waals surface area (Å²) in [6.07, 6.45) is 0.728. The number of esters is 1. The minimum absolute atomic E-state index is 0.112. The van der Waals surface area contributed by atoms with Gasteiger partial charge in [-0.3, -0.25) is 9.69 Å². The fraction of sp³-hybridized carbons (Fsp3) is 0.467. The maximum atomic E-state index is 12.1. The highest BCUT2D eigenvalue weighted by Gasteiger charge is 2.33. The van der Waals surface area contributed by atoms with Crippen molar-refractivity contribution >= 4 is 17.6 Å². The van der Waals surface area contributed by atoms with E-state index in [0.29, 0.717) is 23.6 Å². The quantitative estimate of drug-likeness (QED) is 0.827. The summed E-state index contributed by atoms with van der Waals surface area (Å²) < 4.78 is 10.5. The molecule has 1 aliphatic heterocycles. The molecule has 1 amide bonds. The number of fused-ring (bicyclic) bond motifs is 1. The second kappa shape index (κ2) is 6.58. The normalized spacial score (nSPS) is 15.2. The Bertz CT molecular complexity index is 543. The maximum absolute atomic E-state index is 12.1. The Balaban J connectivity index is 2.27. The summed E-state index contributed by atoms with van der Waals surface area (Å²) in [5.74, 6) is -0.249. The summed E-state index contributed by atoms with van der Waals surface area (Å²) in [5.41, 5.74) is 1.20. The molecule has 6 heteroatoms. The van der Waals surface area contributed by atoms with Crippen LogP contribution in [0.5, 0.6) is 5.75 Å². The first-order chi connectivity index (χ1) is 10.1. The molecule has 0 fully saturated rings. The molecule has 0 saturated heterocycles. The van der Waals surface area contributed by atoms with Crippen molar-refractivity contribution < 1.29 is 24.2 Å². The number of benzene rings is 1. The number of rotatable bonds is 5. The van der Waals surface area contributed by atoms with Crippen molar-refractivity contribution in [2.24, 2.45) is 0 Å². The van der Waals surface area contributed by atoms with Crippen molar-refractivity contribution in [2.45, 2.75) is 32.9 Å². The van der Waals surface area contributed by atoms with Gasteiger partial charge in [-0.25, -0.2) is 4.79 Å². The Morgan fingerprint density at radius 2 is 2.29 bits per heavy atom. The zero-order chi connectivity index (χ0) is 15.4. The summed E-state index contributed by atoms with van der Waals surface area (Å²) in [6, 6.07) is 4.31. The highest BCUT2D eigenvalue weighted by atomic mass is 16.5. The van der Waals surface area contributed by atoms with Gasteiger partial charge in [-0.15, -0.1) is 0 Å². The summed E-state index contributed by atoms with van der Waals surface area (Å²) >= 11 is 0. The first-order valence-electron chi connectivity index (χ1n) is 6.93. The van der Waals surface area contributed by atoms with Gasteiger partial charge in [-0.05, 0) is 31.0 Å². The molecule has 114 valence electrons. The molecule has 2 rings (SSSR count). The lowest BCUT2D eigenvalue weighted by molar-refractivity contribution is -0.146. The smallest absolute Gasteiger partial charge is 0.328 e. The predicted molar refractivity (Wildman–Crippen MR) is 76.1 cm³/mol. The molecule has 21 heavy (non-hydrogen) atoms. The molecular formula is C15H19NO5. The summed E-state index contributed by atoms with van der Waals surface area (Å²) in [4.78, 5) is 25.4. The van der Waals surface area contributed by atoms with E-state index < -0.39 is 12.0 Å². The molecule has 0 bridgehead atoms. The van der Waals surface area contributed by atoms with E-state index in [1.165, 1.54) is 4.90 Å². The molecular weight excluding hydrogens is 274 g/mol. The zero-order valence-corrected chi connectivity index (χ0v) is 12.2. The Labute approximate surface area is 123 Å². The van der Waals surface area contributed by atoms with Gasteiger partial charge < -0.3 is 14.6 Å². The summed E-state index contributed by atoms with van der Waals surface area (Å²) in [6.45, 7) is 3.62. The van der Waals surface area contributed by atoms with Crippen LogP contribution in [0.2, 0.25) is 0 Å². The number of hydrogen-bond donors (Lipinski definition) is 1. The van der Waals surface area contributed by atoms with E-state index >= 15 is 0 Å². The highest BCUT2D eigenvalue weighted by molar-refractivity contribution is 6.02. The third-order valence-corrected chi connectivity index (χ3v) is 3.26. The second-order valence-electron chi connectivity index (χ2n) is 4.86. The summed E-state index contributed by atoms with van der Waals surface area (Å²) in [7, 11) is 0. The van der Waals surface area contributed by atoms with Crippen molar-refractivity contribution in [3.63, 3.8) is 0 Å². The van der Waals surface area contributed by atoms with Crippen LogP contribution in [0.4, 0.5) is 5.69 Å². The number of ether oxygens (including phenoxy) is 2. The standard InChI is InChI=1S/C15H19NO5/c1-3-6-20-15(19)10(2)16-12-5-4-11(8-17)7-13(12)21-9-14(16)18/h4-5,7,10,17H,3,6,8-9H2,1-2H3. The molecule has 0 saturated carbocycles. The monoisotopic (exact) mass is 293 g/mol. The molecule has 1 aromatic rings. The minimum atomic E-state index is -0.716. The van der Waals surface area contributed by atoms with Gasteiger partial charge in [0.2, 0.25) is 0 Å². The minimum Gasteiger partial charge on any atom is -0.482 e. The maximum Gasteiger partial charge on any atom is 0.328 e. The Hall–Kier alpha value is -2.08. The molecule has 0 radical (unpaired) electrons. The first kappa shape index (κ1) is 15.3. The van der Waals surface area contributed by atoms with Crippen LogP contribution in [0.15, 0.2) is 18.2 Å². The topological polar surface area (TPSA) is 76.1 Å². The lowest BCUT2D eigenvalue weighted by Gasteiger charge is -2.33. The summed E-state index contributed by atoms with van der Waals surface area (Å²) in [5, 5.41) is 9.14. The second-order valence-corrected chi connectivity index (χ2v) is 4.86. The third-order valence-electron chi connectivity index (χ3n) is 3.26. The number of hydrogen-bond acceptors (Lipinski definition) is 5. The third kappa shape index (κ3) is 3.16. The molecule has 1 heterocycles. The lowest BCUT2D eigenvalue weighted by atomic mass is 10.1. The zero-order valence-electron chi connectivity index (χ0n) is 12.2. The highest BCUT2D eigenvalue weighted by Crippen LogP contribution is 2.34. The van der Waals surface area contributed by atoms with E-state index in [0.717, 1.165) is 6.42 Å². The van der Waals surface area contributed by atoms with Gasteiger partial charge in [-0.2, -0.15) is 0 Å².